The van der Waals surface area contributed by atoms with Crippen LogP contribution in [0.5, 0.6) is 6.01 Å². The molecule has 36 heavy (non-hydrogen) atoms. The highest BCUT2D eigenvalue weighted by atomic mass is 16.5. The Morgan fingerprint density at radius 3 is 2.64 bits per heavy atom. The van der Waals surface area contributed by atoms with E-state index >= 15 is 0 Å². The number of imidazole rings is 1. The second kappa shape index (κ2) is 9.33. The number of piperidine rings is 1. The van der Waals surface area contributed by atoms with Crippen LogP contribution in [0.3, 0.4) is 0 Å². The number of nitrogens with one attached hydrogen (secondary N) is 2. The van der Waals surface area contributed by atoms with Crippen LogP contribution in [0.4, 0.5) is 5.95 Å². The molecule has 10 heteroatoms. The maximum absolute atomic E-state index is 6.27. The van der Waals surface area contributed by atoms with Gasteiger partial charge in [0.05, 0.1) is 17.2 Å². The third kappa shape index (κ3) is 4.51. The lowest BCUT2D eigenvalue weighted by molar-refractivity contribution is 0.105. The summed E-state index contributed by atoms with van der Waals surface area (Å²) in [4.78, 5) is 22.5. The van der Waals surface area contributed by atoms with E-state index in [-0.39, 0.29) is 6.10 Å². The molecule has 2 fully saturated rings. The SMILES string of the molecule is CC(C)c1cnn2c(NCc3ccc4nc(C5CN(C)C5)[nH]c4c3)nc(OC3CCN(C)CC3)nc12. The average molecular weight is 490 g/mol. The van der Waals surface area contributed by atoms with Gasteiger partial charge in [-0.15, -0.1) is 0 Å². The van der Waals surface area contributed by atoms with Gasteiger partial charge in [0.25, 0.3) is 0 Å². The summed E-state index contributed by atoms with van der Waals surface area (Å²) in [7, 11) is 4.29. The van der Waals surface area contributed by atoms with E-state index in [4.69, 9.17) is 19.7 Å². The molecule has 190 valence electrons. The van der Waals surface area contributed by atoms with Crippen molar-refractivity contribution in [2.45, 2.75) is 51.2 Å². The minimum atomic E-state index is 0.134. The lowest BCUT2D eigenvalue weighted by atomic mass is 10.0. The lowest BCUT2D eigenvalue weighted by Crippen LogP contribution is -2.42. The second-order valence-corrected chi connectivity index (χ2v) is 10.7. The number of anilines is 1. The lowest BCUT2D eigenvalue weighted by Gasteiger charge is -2.34. The Hall–Kier alpha value is -3.24. The number of hydrogen-bond donors (Lipinski definition) is 2. The maximum Gasteiger partial charge on any atom is 0.322 e. The van der Waals surface area contributed by atoms with E-state index in [0.717, 1.165) is 72.7 Å². The van der Waals surface area contributed by atoms with E-state index in [1.54, 1.807) is 4.52 Å². The Balaban J connectivity index is 1.24. The molecule has 0 bridgehead atoms. The van der Waals surface area contributed by atoms with Crippen molar-refractivity contribution >= 4 is 22.6 Å². The van der Waals surface area contributed by atoms with Crippen LogP contribution in [0.25, 0.3) is 16.7 Å². The molecule has 2 aliphatic heterocycles. The number of hydrogen-bond acceptors (Lipinski definition) is 8. The van der Waals surface area contributed by atoms with E-state index in [1.165, 1.54) is 0 Å². The molecule has 2 aliphatic rings. The van der Waals surface area contributed by atoms with Crippen LogP contribution in [-0.2, 0) is 6.54 Å². The molecule has 0 spiro atoms. The number of benzene rings is 1. The smallest absolute Gasteiger partial charge is 0.322 e. The van der Waals surface area contributed by atoms with E-state index < -0.39 is 0 Å². The number of nitrogens with zero attached hydrogens (tertiary/aromatic N) is 7. The van der Waals surface area contributed by atoms with Gasteiger partial charge in [-0.1, -0.05) is 19.9 Å². The molecule has 0 atom stereocenters. The maximum atomic E-state index is 6.27. The Bertz CT molecular complexity index is 1360. The average Bonchev–Trinajstić information content (AvgIpc) is 3.46. The number of H-pyrrole nitrogens is 1. The summed E-state index contributed by atoms with van der Waals surface area (Å²) in [5.41, 5.74) is 5.10. The van der Waals surface area contributed by atoms with Gasteiger partial charge in [0.15, 0.2) is 5.65 Å². The third-order valence-corrected chi connectivity index (χ3v) is 7.40. The number of rotatable bonds is 7. The van der Waals surface area contributed by atoms with Crippen molar-refractivity contribution in [2.75, 3.05) is 45.6 Å². The predicted octanol–water partition coefficient (Wildman–Crippen LogP) is 3.24. The molecule has 10 nitrogen and oxygen atoms in total. The van der Waals surface area contributed by atoms with Crippen LogP contribution < -0.4 is 10.1 Å². The monoisotopic (exact) mass is 489 g/mol. The molecule has 0 radical (unpaired) electrons. The van der Waals surface area contributed by atoms with Gasteiger partial charge in [0.2, 0.25) is 5.95 Å². The van der Waals surface area contributed by atoms with Crippen LogP contribution in [0.15, 0.2) is 24.4 Å². The summed E-state index contributed by atoms with van der Waals surface area (Å²) in [6.07, 6.45) is 3.98. The van der Waals surface area contributed by atoms with Crippen molar-refractivity contribution in [3.8, 4) is 6.01 Å². The van der Waals surface area contributed by atoms with Crippen LogP contribution in [0.2, 0.25) is 0 Å². The molecule has 2 saturated heterocycles. The van der Waals surface area contributed by atoms with Gasteiger partial charge in [-0.05, 0) is 50.6 Å². The Labute approximate surface area is 211 Å². The van der Waals surface area contributed by atoms with Gasteiger partial charge in [-0.3, -0.25) is 0 Å². The number of fused-ring (bicyclic) bond motifs is 2. The van der Waals surface area contributed by atoms with E-state index in [2.05, 4.69) is 71.3 Å². The van der Waals surface area contributed by atoms with Crippen molar-refractivity contribution in [3.63, 3.8) is 0 Å². The minimum absolute atomic E-state index is 0.134. The van der Waals surface area contributed by atoms with E-state index in [9.17, 15) is 0 Å². The molecule has 5 heterocycles. The number of likely N-dealkylation sites (N-methyl/N-ethyl adjacent to an activating group) is 1. The summed E-state index contributed by atoms with van der Waals surface area (Å²) in [5, 5.41) is 8.07. The van der Waals surface area contributed by atoms with Crippen LogP contribution in [-0.4, -0.2) is 85.7 Å². The van der Waals surface area contributed by atoms with Crippen molar-refractivity contribution in [1.82, 2.24) is 39.3 Å². The molecule has 0 saturated carbocycles. The number of aromatic amines is 1. The highest BCUT2D eigenvalue weighted by Crippen LogP contribution is 2.27. The first-order valence-corrected chi connectivity index (χ1v) is 12.9. The molecular weight excluding hydrogens is 454 g/mol. The topological polar surface area (TPSA) is 99.5 Å². The predicted molar refractivity (Wildman–Crippen MR) is 140 cm³/mol. The van der Waals surface area contributed by atoms with Gasteiger partial charge < -0.3 is 24.8 Å². The zero-order valence-corrected chi connectivity index (χ0v) is 21.5. The highest BCUT2D eigenvalue weighted by Gasteiger charge is 2.27. The third-order valence-electron chi connectivity index (χ3n) is 7.40. The summed E-state index contributed by atoms with van der Waals surface area (Å²) < 4.78 is 8.06. The fourth-order valence-electron chi connectivity index (χ4n) is 5.13. The standard InChI is InChI=1S/C26H35N9O/c1-16(2)20-13-28-35-24(20)31-26(36-19-7-9-33(3)10-8-19)32-25(35)27-12-17-5-6-21-22(11-17)30-23(29-21)18-14-34(4)15-18/h5-6,11,13,16,18-19H,7-10,12,14-15H2,1-4H3,(H,29,30)(H,27,31,32). The Morgan fingerprint density at radius 1 is 1.08 bits per heavy atom. The van der Waals surface area contributed by atoms with Crippen molar-refractivity contribution in [3.05, 3.63) is 41.3 Å². The summed E-state index contributed by atoms with van der Waals surface area (Å²) in [6.45, 7) is 9.07. The van der Waals surface area contributed by atoms with Crippen molar-refractivity contribution in [1.29, 1.82) is 0 Å². The highest BCUT2D eigenvalue weighted by molar-refractivity contribution is 5.76. The Kier molecular flexibility index (Phi) is 6.00. The van der Waals surface area contributed by atoms with Gasteiger partial charge in [0, 0.05) is 44.2 Å². The van der Waals surface area contributed by atoms with Gasteiger partial charge in [-0.2, -0.15) is 19.6 Å². The van der Waals surface area contributed by atoms with Crippen molar-refractivity contribution < 1.29 is 4.74 Å². The normalized spacial score (nSPS) is 18.4. The number of aromatic nitrogens is 6. The summed E-state index contributed by atoms with van der Waals surface area (Å²) in [6, 6.07) is 6.78. The molecule has 1 aromatic carbocycles. The molecule has 2 N–H and O–H groups in total. The zero-order chi connectivity index (χ0) is 24.8. The van der Waals surface area contributed by atoms with Gasteiger partial charge >= 0.3 is 6.01 Å². The Morgan fingerprint density at radius 2 is 1.89 bits per heavy atom. The minimum Gasteiger partial charge on any atom is -0.460 e. The molecule has 0 aliphatic carbocycles. The van der Waals surface area contributed by atoms with Crippen LogP contribution >= 0.6 is 0 Å². The largest absolute Gasteiger partial charge is 0.460 e. The fraction of sp³-hybridized carbons (Fsp3) is 0.538. The first kappa shape index (κ1) is 23.2. The van der Waals surface area contributed by atoms with E-state index in [0.29, 0.717) is 30.3 Å². The molecule has 0 amide bonds. The van der Waals surface area contributed by atoms with Crippen LogP contribution in [0.1, 0.15) is 55.5 Å². The fourth-order valence-corrected chi connectivity index (χ4v) is 5.13. The number of likely N-dealkylation sites (tertiary alicyclic amines) is 2. The van der Waals surface area contributed by atoms with Crippen molar-refractivity contribution in [2.24, 2.45) is 0 Å². The first-order chi connectivity index (χ1) is 17.4. The number of ether oxygens (including phenoxy) is 1. The molecule has 4 aromatic rings. The quantitative estimate of drug-likeness (QED) is 0.408. The molecule has 3 aromatic heterocycles. The van der Waals surface area contributed by atoms with Crippen LogP contribution in [0, 0.1) is 0 Å². The molecule has 0 unspecified atom stereocenters. The van der Waals surface area contributed by atoms with E-state index in [1.807, 2.05) is 6.20 Å². The second-order valence-electron chi connectivity index (χ2n) is 10.7. The summed E-state index contributed by atoms with van der Waals surface area (Å²) in [5.74, 6) is 2.52. The summed E-state index contributed by atoms with van der Waals surface area (Å²) >= 11 is 0. The first-order valence-electron chi connectivity index (χ1n) is 12.9. The molecule has 6 rings (SSSR count). The van der Waals surface area contributed by atoms with Gasteiger partial charge in [0.1, 0.15) is 11.9 Å². The molecular formula is C26H35N9O. The zero-order valence-electron chi connectivity index (χ0n) is 21.5. The van der Waals surface area contributed by atoms with Gasteiger partial charge in [-0.25, -0.2) is 4.98 Å².